The molecule has 21 heavy (non-hydrogen) atoms. The molecular weight excluding hydrogens is 290 g/mol. The largest absolute Gasteiger partial charge is 0.340 e. The van der Waals surface area contributed by atoms with Gasteiger partial charge in [0.05, 0.1) is 10.5 Å². The predicted octanol–water partition coefficient (Wildman–Crippen LogP) is 3.11. The van der Waals surface area contributed by atoms with E-state index in [2.05, 4.69) is 10.3 Å². The van der Waals surface area contributed by atoms with Gasteiger partial charge in [0, 0.05) is 17.6 Å². The molecule has 0 fully saturated rings. The summed E-state index contributed by atoms with van der Waals surface area (Å²) < 4.78 is 0. The summed E-state index contributed by atoms with van der Waals surface area (Å²) in [7, 11) is 0. The van der Waals surface area contributed by atoms with E-state index in [-0.39, 0.29) is 11.3 Å². The summed E-state index contributed by atoms with van der Waals surface area (Å²) in [5, 5.41) is 16.5. The summed E-state index contributed by atoms with van der Waals surface area (Å²) in [4.78, 5) is 27.1. The summed E-state index contributed by atoms with van der Waals surface area (Å²) in [5.74, 6) is -0.471. The van der Waals surface area contributed by atoms with Crippen molar-refractivity contribution >= 4 is 22.9 Å². The first-order chi connectivity index (χ1) is 9.98. The van der Waals surface area contributed by atoms with Crippen LogP contribution >= 0.6 is 11.3 Å². The van der Waals surface area contributed by atoms with Crippen LogP contribution in [0.1, 0.15) is 35.6 Å². The van der Waals surface area contributed by atoms with Crippen molar-refractivity contribution in [1.29, 1.82) is 0 Å². The first kappa shape index (κ1) is 15.1. The van der Waals surface area contributed by atoms with Gasteiger partial charge in [0.1, 0.15) is 10.6 Å². The standard InChI is InChI=1S/C14H15N3O3S/c1-3-14(2,13-15-8-9-21-13)16-12(18)10-6-4-5-7-11(10)17(19)20/h4-9H,3H2,1-2H3,(H,16,18)/t14-/m0/s1. The molecule has 2 aromatic rings. The zero-order valence-electron chi connectivity index (χ0n) is 11.7. The Kier molecular flexibility index (Phi) is 4.32. The summed E-state index contributed by atoms with van der Waals surface area (Å²) in [6, 6.07) is 5.91. The van der Waals surface area contributed by atoms with Gasteiger partial charge in [-0.2, -0.15) is 0 Å². The number of aromatic nitrogens is 1. The van der Waals surface area contributed by atoms with Gasteiger partial charge in [0.2, 0.25) is 0 Å². The summed E-state index contributed by atoms with van der Waals surface area (Å²) >= 11 is 1.44. The second kappa shape index (κ2) is 6.01. The maximum atomic E-state index is 12.4. The van der Waals surface area contributed by atoms with Gasteiger partial charge in [-0.15, -0.1) is 11.3 Å². The van der Waals surface area contributed by atoms with Crippen molar-refractivity contribution in [3.8, 4) is 0 Å². The van der Waals surface area contributed by atoms with E-state index in [1.807, 2.05) is 19.2 Å². The summed E-state index contributed by atoms with van der Waals surface area (Å²) in [6.45, 7) is 3.79. The minimum absolute atomic E-state index is 0.0544. The Morgan fingerprint density at radius 2 is 2.19 bits per heavy atom. The first-order valence-corrected chi connectivity index (χ1v) is 7.32. The van der Waals surface area contributed by atoms with Gasteiger partial charge < -0.3 is 5.32 Å². The number of hydrogen-bond acceptors (Lipinski definition) is 5. The van der Waals surface area contributed by atoms with Gasteiger partial charge in [0.15, 0.2) is 0 Å². The Bertz CT molecular complexity index is 657. The molecule has 1 aromatic carbocycles. The van der Waals surface area contributed by atoms with E-state index in [1.165, 1.54) is 29.5 Å². The van der Waals surface area contributed by atoms with Crippen LogP contribution < -0.4 is 5.32 Å². The van der Waals surface area contributed by atoms with Crippen LogP contribution in [0.25, 0.3) is 0 Å². The van der Waals surface area contributed by atoms with Crippen molar-refractivity contribution in [1.82, 2.24) is 10.3 Å². The normalized spacial score (nSPS) is 13.4. The molecule has 0 unspecified atom stereocenters. The maximum absolute atomic E-state index is 12.4. The number of thiazole rings is 1. The van der Waals surface area contributed by atoms with E-state index in [0.29, 0.717) is 6.42 Å². The summed E-state index contributed by atoms with van der Waals surface area (Å²) in [6.07, 6.45) is 2.30. The minimum Gasteiger partial charge on any atom is -0.340 e. The van der Waals surface area contributed by atoms with Crippen LogP contribution in [0.2, 0.25) is 0 Å². The quantitative estimate of drug-likeness (QED) is 0.679. The number of nitrogens with one attached hydrogen (secondary N) is 1. The second-order valence-electron chi connectivity index (χ2n) is 4.75. The molecule has 0 spiro atoms. The van der Waals surface area contributed by atoms with Crippen LogP contribution in [0.4, 0.5) is 5.69 Å². The van der Waals surface area contributed by atoms with E-state index in [9.17, 15) is 14.9 Å². The summed E-state index contributed by atoms with van der Waals surface area (Å²) in [5.41, 5.74) is -0.791. The van der Waals surface area contributed by atoms with Gasteiger partial charge in [-0.05, 0) is 19.4 Å². The molecule has 110 valence electrons. The van der Waals surface area contributed by atoms with Crippen molar-refractivity contribution in [2.24, 2.45) is 0 Å². The van der Waals surface area contributed by atoms with Crippen molar-refractivity contribution in [3.05, 3.63) is 56.5 Å². The molecule has 1 aromatic heterocycles. The monoisotopic (exact) mass is 305 g/mol. The Hall–Kier alpha value is -2.28. The van der Waals surface area contributed by atoms with Crippen molar-refractivity contribution in [3.63, 3.8) is 0 Å². The van der Waals surface area contributed by atoms with Crippen LogP contribution in [0.15, 0.2) is 35.8 Å². The minimum atomic E-state index is -0.644. The van der Waals surface area contributed by atoms with Crippen LogP contribution in [-0.2, 0) is 5.54 Å². The number of rotatable bonds is 5. The van der Waals surface area contributed by atoms with E-state index >= 15 is 0 Å². The van der Waals surface area contributed by atoms with Gasteiger partial charge in [-0.1, -0.05) is 19.1 Å². The number of amides is 1. The van der Waals surface area contributed by atoms with Crippen molar-refractivity contribution in [2.75, 3.05) is 0 Å². The number of nitro benzene ring substituents is 1. The number of para-hydroxylation sites is 1. The highest BCUT2D eigenvalue weighted by molar-refractivity contribution is 7.09. The number of nitro groups is 1. The molecule has 1 N–H and O–H groups in total. The molecule has 0 radical (unpaired) electrons. The molecule has 0 aliphatic rings. The third kappa shape index (κ3) is 3.08. The Morgan fingerprint density at radius 1 is 1.48 bits per heavy atom. The molecule has 2 rings (SSSR count). The van der Waals surface area contributed by atoms with Crippen LogP contribution in [-0.4, -0.2) is 15.8 Å². The molecule has 0 saturated heterocycles. The lowest BCUT2D eigenvalue weighted by atomic mass is 9.99. The van der Waals surface area contributed by atoms with E-state index in [0.717, 1.165) is 5.01 Å². The highest BCUT2D eigenvalue weighted by Gasteiger charge is 2.31. The smallest absolute Gasteiger partial charge is 0.282 e. The lowest BCUT2D eigenvalue weighted by molar-refractivity contribution is -0.385. The molecule has 1 atom stereocenters. The predicted molar refractivity (Wildman–Crippen MR) is 80.3 cm³/mol. The molecule has 7 heteroatoms. The van der Waals surface area contributed by atoms with Gasteiger partial charge in [0.25, 0.3) is 11.6 Å². The highest BCUT2D eigenvalue weighted by atomic mass is 32.1. The maximum Gasteiger partial charge on any atom is 0.282 e. The molecule has 6 nitrogen and oxygen atoms in total. The third-order valence-corrected chi connectivity index (χ3v) is 4.38. The van der Waals surface area contributed by atoms with Crippen LogP contribution in [0, 0.1) is 10.1 Å². The fraction of sp³-hybridized carbons (Fsp3) is 0.286. The molecule has 0 aliphatic heterocycles. The van der Waals surface area contributed by atoms with Gasteiger partial charge in [-0.3, -0.25) is 14.9 Å². The average molecular weight is 305 g/mol. The lowest BCUT2D eigenvalue weighted by Gasteiger charge is -2.27. The molecule has 0 aliphatic carbocycles. The Balaban J connectivity index is 2.31. The Morgan fingerprint density at radius 3 is 2.76 bits per heavy atom. The molecule has 0 saturated carbocycles. The van der Waals surface area contributed by atoms with Gasteiger partial charge in [-0.25, -0.2) is 4.98 Å². The van der Waals surface area contributed by atoms with Crippen LogP contribution in [0.3, 0.4) is 0 Å². The molecule has 0 bridgehead atoms. The zero-order chi connectivity index (χ0) is 15.5. The number of carbonyl (C=O) groups is 1. The van der Waals surface area contributed by atoms with Gasteiger partial charge >= 0.3 is 0 Å². The first-order valence-electron chi connectivity index (χ1n) is 6.44. The zero-order valence-corrected chi connectivity index (χ0v) is 12.5. The average Bonchev–Trinajstić information content (AvgIpc) is 3.02. The SMILES string of the molecule is CC[C@](C)(NC(=O)c1ccccc1[N+](=O)[O-])c1nccs1. The Labute approximate surface area is 126 Å². The second-order valence-corrected chi connectivity index (χ2v) is 5.65. The number of benzene rings is 1. The number of hydrogen-bond donors (Lipinski definition) is 1. The van der Waals surface area contributed by atoms with Crippen molar-refractivity contribution in [2.45, 2.75) is 25.8 Å². The molecule has 1 heterocycles. The third-order valence-electron chi connectivity index (χ3n) is 3.35. The van der Waals surface area contributed by atoms with E-state index in [4.69, 9.17) is 0 Å². The highest BCUT2D eigenvalue weighted by Crippen LogP contribution is 2.27. The number of nitrogens with zero attached hydrogens (tertiary/aromatic N) is 2. The fourth-order valence-electron chi connectivity index (χ4n) is 1.93. The van der Waals surface area contributed by atoms with Crippen molar-refractivity contribution < 1.29 is 9.72 Å². The van der Waals surface area contributed by atoms with E-state index < -0.39 is 16.4 Å². The number of carbonyl (C=O) groups excluding carboxylic acids is 1. The molecule has 1 amide bonds. The van der Waals surface area contributed by atoms with E-state index in [1.54, 1.807) is 12.3 Å². The topological polar surface area (TPSA) is 85.1 Å². The fourth-order valence-corrected chi connectivity index (χ4v) is 2.76. The lowest BCUT2D eigenvalue weighted by Crippen LogP contribution is -2.43. The molecular formula is C14H15N3O3S. The van der Waals surface area contributed by atoms with Crippen LogP contribution in [0.5, 0.6) is 0 Å².